The summed E-state index contributed by atoms with van der Waals surface area (Å²) in [4.78, 5) is 10.8. The monoisotopic (exact) mass is 431 g/mol. The zero-order valence-corrected chi connectivity index (χ0v) is 17.7. The molecule has 8 heteroatoms. The van der Waals surface area contributed by atoms with Gasteiger partial charge in [0.2, 0.25) is 11.3 Å². The number of furan rings is 1. The number of hydrogen-bond acceptors (Lipinski definition) is 5. The molecule has 2 N–H and O–H groups in total. The highest BCUT2D eigenvalue weighted by Crippen LogP contribution is 2.36. The van der Waals surface area contributed by atoms with Crippen LogP contribution in [0, 0.1) is 0 Å². The molecule has 1 aromatic heterocycles. The third-order valence-corrected chi connectivity index (χ3v) is 5.24. The molecule has 0 spiro atoms. The molecule has 1 atom stereocenters. The fourth-order valence-electron chi connectivity index (χ4n) is 3.12. The largest absolute Gasteiger partial charge is 0.479 e. The minimum Gasteiger partial charge on any atom is -0.479 e. The first-order valence-electron chi connectivity index (χ1n) is 9.67. The number of carboxylic acid groups (broad SMARTS) is 1. The van der Waals surface area contributed by atoms with Crippen LogP contribution in [0.15, 0.2) is 52.9 Å². The van der Waals surface area contributed by atoms with Crippen LogP contribution in [0.5, 0.6) is 5.75 Å². The molecule has 0 aliphatic heterocycles. The molecule has 0 fully saturated rings. The number of rotatable bonds is 11. The van der Waals surface area contributed by atoms with Crippen LogP contribution >= 0.6 is 0 Å². The maximum Gasteiger partial charge on any atom is 0.341 e. The van der Waals surface area contributed by atoms with E-state index in [-0.39, 0.29) is 12.5 Å². The highest BCUT2D eigenvalue weighted by molar-refractivity contribution is 7.78. The van der Waals surface area contributed by atoms with Crippen LogP contribution in [0.25, 0.3) is 11.0 Å². The van der Waals surface area contributed by atoms with Gasteiger partial charge in [-0.1, -0.05) is 56.3 Å². The van der Waals surface area contributed by atoms with Gasteiger partial charge in [-0.05, 0) is 18.1 Å². The van der Waals surface area contributed by atoms with E-state index in [0.29, 0.717) is 24.4 Å². The summed E-state index contributed by atoms with van der Waals surface area (Å²) >= 11 is -1.66. The number of ether oxygens (including phenoxy) is 1. The lowest BCUT2D eigenvalue weighted by Crippen LogP contribution is -2.20. The maximum absolute atomic E-state index is 12.2. The Kier molecular flexibility index (Phi) is 7.62. The van der Waals surface area contributed by atoms with Crippen LogP contribution in [0.1, 0.15) is 36.7 Å². The molecule has 2 aromatic carbocycles. The number of nitrogens with one attached hydrogen (secondary N) is 1. The predicted molar refractivity (Wildman–Crippen MR) is 115 cm³/mol. The second-order valence-corrected chi connectivity index (χ2v) is 8.02. The van der Waals surface area contributed by atoms with Crippen LogP contribution in [-0.4, -0.2) is 28.5 Å². The average Bonchev–Trinajstić information content (AvgIpc) is 3.11. The molecule has 1 heterocycles. The van der Waals surface area contributed by atoms with E-state index in [0.717, 1.165) is 22.3 Å². The highest BCUT2D eigenvalue weighted by Gasteiger charge is 2.20. The first kappa shape index (κ1) is 22.0. The quantitative estimate of drug-likeness (QED) is 0.477. The Labute approximate surface area is 177 Å². The van der Waals surface area contributed by atoms with E-state index in [2.05, 4.69) is 4.72 Å². The van der Waals surface area contributed by atoms with Gasteiger partial charge in [0.1, 0.15) is 5.76 Å². The topological polar surface area (TPSA) is 98.0 Å². The van der Waals surface area contributed by atoms with Gasteiger partial charge >= 0.3 is 5.97 Å². The lowest BCUT2D eigenvalue weighted by atomic mass is 10.0. The molecule has 0 aliphatic carbocycles. The number of para-hydroxylation sites is 1. The van der Waals surface area contributed by atoms with Crippen molar-refractivity contribution in [2.24, 2.45) is 0 Å². The van der Waals surface area contributed by atoms with E-state index < -0.39 is 23.8 Å². The molecule has 0 saturated carbocycles. The molecule has 160 valence electrons. The van der Waals surface area contributed by atoms with Gasteiger partial charge in [0.25, 0.3) is 0 Å². The van der Waals surface area contributed by atoms with Crippen molar-refractivity contribution in [3.05, 3.63) is 65.4 Å². The standard InChI is InChI=1S/C22H25NO6S/c1-15(2)21-18(13-23-30(26)28-12-11-16-7-4-3-5-8-16)17-9-6-10-19(22(17)29-21)27-14-20(24)25/h3-10,15,23H,11-14H2,1-2H3,(H,24,25). The third kappa shape index (κ3) is 5.69. The van der Waals surface area contributed by atoms with Gasteiger partial charge in [-0.3, -0.25) is 4.18 Å². The minimum absolute atomic E-state index is 0.0777. The zero-order valence-electron chi connectivity index (χ0n) is 16.9. The molecule has 0 radical (unpaired) electrons. The Hall–Kier alpha value is -2.68. The van der Waals surface area contributed by atoms with Gasteiger partial charge in [-0.15, -0.1) is 0 Å². The molecule has 0 amide bonds. The van der Waals surface area contributed by atoms with E-state index in [4.69, 9.17) is 18.4 Å². The SMILES string of the molecule is CC(C)c1oc2c(OCC(=O)O)cccc2c1CNS(=O)OCCc1ccccc1. The normalized spacial score (nSPS) is 12.4. The van der Waals surface area contributed by atoms with Gasteiger partial charge in [0.15, 0.2) is 17.9 Å². The Morgan fingerprint density at radius 1 is 1.17 bits per heavy atom. The van der Waals surface area contributed by atoms with Crippen LogP contribution in [0.4, 0.5) is 0 Å². The smallest absolute Gasteiger partial charge is 0.341 e. The van der Waals surface area contributed by atoms with Crippen LogP contribution in [-0.2, 0) is 33.2 Å². The van der Waals surface area contributed by atoms with Crippen molar-refractivity contribution < 1.29 is 27.4 Å². The summed E-state index contributed by atoms with van der Waals surface area (Å²) in [6.07, 6.45) is 0.671. The first-order chi connectivity index (χ1) is 14.5. The summed E-state index contributed by atoms with van der Waals surface area (Å²) in [5.41, 5.74) is 2.45. The number of carbonyl (C=O) groups is 1. The molecule has 0 aliphatic rings. The van der Waals surface area contributed by atoms with Gasteiger partial charge in [-0.25, -0.2) is 13.7 Å². The summed E-state index contributed by atoms with van der Waals surface area (Å²) in [5, 5.41) is 9.66. The van der Waals surface area contributed by atoms with Crippen molar-refractivity contribution in [1.29, 1.82) is 0 Å². The lowest BCUT2D eigenvalue weighted by molar-refractivity contribution is -0.139. The Morgan fingerprint density at radius 3 is 2.63 bits per heavy atom. The van der Waals surface area contributed by atoms with Crippen LogP contribution in [0.3, 0.4) is 0 Å². The van der Waals surface area contributed by atoms with Crippen molar-refractivity contribution in [2.75, 3.05) is 13.2 Å². The van der Waals surface area contributed by atoms with Gasteiger partial charge < -0.3 is 14.3 Å². The van der Waals surface area contributed by atoms with E-state index in [1.54, 1.807) is 12.1 Å². The number of fused-ring (bicyclic) bond motifs is 1. The number of carboxylic acids is 1. The van der Waals surface area contributed by atoms with E-state index in [1.807, 2.05) is 50.2 Å². The van der Waals surface area contributed by atoms with Gasteiger partial charge in [0.05, 0.1) is 6.61 Å². The van der Waals surface area contributed by atoms with E-state index in [9.17, 15) is 9.00 Å². The molecule has 1 unspecified atom stereocenters. The molecule has 3 rings (SSSR count). The molecule has 0 saturated heterocycles. The van der Waals surface area contributed by atoms with Crippen LogP contribution in [0.2, 0.25) is 0 Å². The maximum atomic E-state index is 12.2. The Balaban J connectivity index is 1.68. The van der Waals surface area contributed by atoms with Crippen molar-refractivity contribution in [1.82, 2.24) is 4.72 Å². The summed E-state index contributed by atoms with van der Waals surface area (Å²) in [6.45, 7) is 4.14. The molecule has 30 heavy (non-hydrogen) atoms. The molecule has 0 bridgehead atoms. The molecule has 3 aromatic rings. The summed E-state index contributed by atoms with van der Waals surface area (Å²) < 4.78 is 31.9. The Morgan fingerprint density at radius 2 is 1.93 bits per heavy atom. The van der Waals surface area contributed by atoms with E-state index in [1.165, 1.54) is 0 Å². The fraction of sp³-hybridized carbons (Fsp3) is 0.318. The number of aliphatic carboxylic acids is 1. The number of hydrogen-bond donors (Lipinski definition) is 2. The van der Waals surface area contributed by atoms with Crippen molar-refractivity contribution in [3.8, 4) is 5.75 Å². The van der Waals surface area contributed by atoms with Crippen molar-refractivity contribution in [3.63, 3.8) is 0 Å². The fourth-order valence-corrected chi connectivity index (χ4v) is 3.70. The average molecular weight is 432 g/mol. The van der Waals surface area contributed by atoms with Gasteiger partial charge in [-0.2, -0.15) is 0 Å². The second kappa shape index (κ2) is 10.4. The minimum atomic E-state index is -1.66. The number of benzene rings is 2. The highest BCUT2D eigenvalue weighted by atomic mass is 32.2. The summed E-state index contributed by atoms with van der Waals surface area (Å²) in [6, 6.07) is 15.2. The summed E-state index contributed by atoms with van der Waals surface area (Å²) in [7, 11) is 0. The van der Waals surface area contributed by atoms with Crippen molar-refractivity contribution in [2.45, 2.75) is 32.7 Å². The molecular formula is C22H25NO6S. The lowest BCUT2D eigenvalue weighted by Gasteiger charge is -2.08. The van der Waals surface area contributed by atoms with Gasteiger partial charge in [0, 0.05) is 23.4 Å². The summed E-state index contributed by atoms with van der Waals surface area (Å²) in [5.74, 6) is 0.106. The predicted octanol–water partition coefficient (Wildman–Crippen LogP) is 3.95. The Bertz CT molecular complexity index is 1020. The second-order valence-electron chi connectivity index (χ2n) is 7.03. The zero-order chi connectivity index (χ0) is 21.5. The third-order valence-electron chi connectivity index (χ3n) is 4.48. The van der Waals surface area contributed by atoms with E-state index >= 15 is 0 Å². The molecule has 7 nitrogen and oxygen atoms in total. The van der Waals surface area contributed by atoms with Crippen molar-refractivity contribution >= 4 is 28.2 Å². The first-order valence-corrected chi connectivity index (χ1v) is 10.7. The van der Waals surface area contributed by atoms with Crippen LogP contribution < -0.4 is 9.46 Å². The molecular weight excluding hydrogens is 406 g/mol.